The van der Waals surface area contributed by atoms with E-state index < -0.39 is 12.6 Å². The van der Waals surface area contributed by atoms with Crippen LogP contribution < -0.4 is 4.74 Å². The Bertz CT molecular complexity index is 472. The van der Waals surface area contributed by atoms with Crippen LogP contribution in [0.1, 0.15) is 24.0 Å². The highest BCUT2D eigenvalue weighted by Gasteiger charge is 2.26. The number of halogens is 4. The molecule has 0 aromatic heterocycles. The highest BCUT2D eigenvalue weighted by molar-refractivity contribution is 6.19. The molecule has 1 aromatic carbocycles. The lowest BCUT2D eigenvalue weighted by Crippen LogP contribution is -2.10. The topological polar surface area (TPSA) is 9.23 Å². The maximum Gasteiger partial charge on any atom is 0.389 e. The first-order valence-corrected chi connectivity index (χ1v) is 6.31. The minimum absolute atomic E-state index is 0.0120. The Morgan fingerprint density at radius 2 is 2.05 bits per heavy atom. The summed E-state index contributed by atoms with van der Waals surface area (Å²) in [7, 11) is 0. The van der Waals surface area contributed by atoms with E-state index in [1.165, 1.54) is 0 Å². The highest BCUT2D eigenvalue weighted by Crippen LogP contribution is 2.23. The van der Waals surface area contributed by atoms with Gasteiger partial charge in [0, 0.05) is 6.42 Å². The first-order chi connectivity index (χ1) is 8.92. The van der Waals surface area contributed by atoms with Gasteiger partial charge in [-0.25, -0.2) is 0 Å². The Hall–Kier alpha value is -1.34. The normalized spacial score (nSPS) is 10.8. The molecule has 0 bridgehead atoms. The van der Waals surface area contributed by atoms with Gasteiger partial charge in [-0.3, -0.25) is 0 Å². The van der Waals surface area contributed by atoms with E-state index in [1.54, 1.807) is 6.07 Å². The third kappa shape index (κ3) is 6.40. The van der Waals surface area contributed by atoms with Crippen molar-refractivity contribution in [1.29, 1.82) is 0 Å². The third-order valence-corrected chi connectivity index (χ3v) is 2.42. The third-order valence-electron chi connectivity index (χ3n) is 2.29. The van der Waals surface area contributed by atoms with E-state index in [0.29, 0.717) is 11.3 Å². The Kier molecular flexibility index (Phi) is 6.04. The zero-order valence-electron chi connectivity index (χ0n) is 10.5. The summed E-state index contributed by atoms with van der Waals surface area (Å²) in [4.78, 5) is 0. The fraction of sp³-hybridized carbons (Fsp3) is 0.429. The zero-order valence-corrected chi connectivity index (χ0v) is 11.2. The first-order valence-electron chi connectivity index (χ1n) is 5.77. The second kappa shape index (κ2) is 7.30. The van der Waals surface area contributed by atoms with E-state index in [-0.39, 0.29) is 18.9 Å². The maximum absolute atomic E-state index is 12.0. The molecule has 1 aromatic rings. The number of ether oxygens (including phenoxy) is 1. The molecule has 104 valence electrons. The molecule has 19 heavy (non-hydrogen) atoms. The van der Waals surface area contributed by atoms with Gasteiger partial charge in [0.25, 0.3) is 0 Å². The SMILES string of the molecule is Cc1ccc(OCCCC(F)(F)F)c(C#CCCl)c1. The molecule has 0 aliphatic carbocycles. The van der Waals surface area contributed by atoms with Crippen LogP contribution in [-0.2, 0) is 0 Å². The van der Waals surface area contributed by atoms with Crippen molar-refractivity contribution < 1.29 is 17.9 Å². The average Bonchev–Trinajstić information content (AvgIpc) is 2.32. The van der Waals surface area contributed by atoms with Crippen molar-refractivity contribution in [1.82, 2.24) is 0 Å². The molecule has 0 aliphatic heterocycles. The summed E-state index contributed by atoms with van der Waals surface area (Å²) < 4.78 is 41.3. The molecule has 0 aliphatic rings. The molecule has 0 saturated carbocycles. The van der Waals surface area contributed by atoms with Gasteiger partial charge in [-0.2, -0.15) is 13.2 Å². The molecule has 0 unspecified atom stereocenters. The molecule has 0 saturated heterocycles. The number of aryl methyl sites for hydroxylation is 1. The molecular weight excluding hydrogens is 277 g/mol. The van der Waals surface area contributed by atoms with Crippen LogP contribution in [0.4, 0.5) is 13.2 Å². The summed E-state index contributed by atoms with van der Waals surface area (Å²) in [5, 5.41) is 0. The van der Waals surface area contributed by atoms with Crippen LogP contribution in [0.25, 0.3) is 0 Å². The number of hydrogen-bond acceptors (Lipinski definition) is 1. The minimum atomic E-state index is -4.14. The van der Waals surface area contributed by atoms with Crippen molar-refractivity contribution in [2.24, 2.45) is 0 Å². The van der Waals surface area contributed by atoms with E-state index in [0.717, 1.165) is 5.56 Å². The maximum atomic E-state index is 12.0. The summed E-state index contributed by atoms with van der Waals surface area (Å²) in [6.45, 7) is 1.91. The van der Waals surface area contributed by atoms with Crippen molar-refractivity contribution in [3.63, 3.8) is 0 Å². The van der Waals surface area contributed by atoms with Gasteiger partial charge in [0.15, 0.2) is 0 Å². The standard InChI is InChI=1S/C14H14ClF3O/c1-11-5-6-13(12(10-11)4-2-8-15)19-9-3-7-14(16,17)18/h5-6,10H,3,7-9H2,1H3. The zero-order chi connectivity index (χ0) is 14.3. The first kappa shape index (κ1) is 15.7. The van der Waals surface area contributed by atoms with E-state index in [1.807, 2.05) is 19.1 Å². The summed E-state index contributed by atoms with van der Waals surface area (Å²) in [5.41, 5.74) is 1.65. The largest absolute Gasteiger partial charge is 0.492 e. The van der Waals surface area contributed by atoms with Crippen LogP contribution in [0.5, 0.6) is 5.75 Å². The van der Waals surface area contributed by atoms with Gasteiger partial charge in [0.05, 0.1) is 18.1 Å². The molecule has 0 atom stereocenters. The Morgan fingerprint density at radius 1 is 1.32 bits per heavy atom. The summed E-state index contributed by atoms with van der Waals surface area (Å²) in [5.74, 6) is 6.22. The quantitative estimate of drug-likeness (QED) is 0.456. The van der Waals surface area contributed by atoms with Gasteiger partial charge >= 0.3 is 6.18 Å². The van der Waals surface area contributed by atoms with Crippen molar-refractivity contribution in [3.8, 4) is 17.6 Å². The van der Waals surface area contributed by atoms with E-state index in [2.05, 4.69) is 11.8 Å². The Balaban J connectivity index is 2.62. The van der Waals surface area contributed by atoms with Gasteiger partial charge in [-0.05, 0) is 31.0 Å². The molecule has 0 radical (unpaired) electrons. The van der Waals surface area contributed by atoms with Crippen molar-refractivity contribution >= 4 is 11.6 Å². The average molecular weight is 291 g/mol. The second-order valence-electron chi connectivity index (χ2n) is 4.00. The van der Waals surface area contributed by atoms with Crippen molar-refractivity contribution in [2.45, 2.75) is 25.9 Å². The van der Waals surface area contributed by atoms with Gasteiger partial charge < -0.3 is 4.74 Å². The molecule has 5 heteroatoms. The molecule has 1 nitrogen and oxygen atoms in total. The van der Waals surface area contributed by atoms with Crippen LogP contribution in [0.2, 0.25) is 0 Å². The predicted molar refractivity (Wildman–Crippen MR) is 69.6 cm³/mol. The lowest BCUT2D eigenvalue weighted by atomic mass is 10.1. The number of rotatable bonds is 4. The fourth-order valence-electron chi connectivity index (χ4n) is 1.45. The molecule has 0 fully saturated rings. The molecular formula is C14H14ClF3O. The second-order valence-corrected chi connectivity index (χ2v) is 4.27. The Morgan fingerprint density at radius 3 is 2.68 bits per heavy atom. The van der Waals surface area contributed by atoms with Crippen LogP contribution in [0.15, 0.2) is 18.2 Å². The van der Waals surface area contributed by atoms with E-state index >= 15 is 0 Å². The van der Waals surface area contributed by atoms with Crippen LogP contribution >= 0.6 is 11.6 Å². The lowest BCUT2D eigenvalue weighted by Gasteiger charge is -2.10. The van der Waals surface area contributed by atoms with Crippen molar-refractivity contribution in [3.05, 3.63) is 29.3 Å². The lowest BCUT2D eigenvalue weighted by molar-refractivity contribution is -0.136. The fourth-order valence-corrected chi connectivity index (χ4v) is 1.52. The van der Waals surface area contributed by atoms with E-state index in [4.69, 9.17) is 16.3 Å². The van der Waals surface area contributed by atoms with Gasteiger partial charge in [-0.15, -0.1) is 11.6 Å². The van der Waals surface area contributed by atoms with Gasteiger partial charge in [0.2, 0.25) is 0 Å². The van der Waals surface area contributed by atoms with Gasteiger partial charge in [-0.1, -0.05) is 17.9 Å². The van der Waals surface area contributed by atoms with Crippen LogP contribution in [0, 0.1) is 18.8 Å². The minimum Gasteiger partial charge on any atom is -0.492 e. The summed E-state index contributed by atoms with van der Waals surface area (Å²) in [6.07, 6.45) is -5.06. The molecule has 0 amide bonds. The number of hydrogen-bond donors (Lipinski definition) is 0. The van der Waals surface area contributed by atoms with Crippen LogP contribution in [0.3, 0.4) is 0 Å². The van der Waals surface area contributed by atoms with Crippen molar-refractivity contribution in [2.75, 3.05) is 12.5 Å². The number of benzene rings is 1. The molecule has 0 N–H and O–H groups in total. The summed E-state index contributed by atoms with van der Waals surface area (Å²) >= 11 is 5.48. The smallest absolute Gasteiger partial charge is 0.389 e. The van der Waals surface area contributed by atoms with E-state index in [9.17, 15) is 13.2 Å². The number of alkyl halides is 4. The highest BCUT2D eigenvalue weighted by atomic mass is 35.5. The summed E-state index contributed by atoms with van der Waals surface area (Å²) in [6, 6.07) is 5.35. The molecule has 0 spiro atoms. The van der Waals surface area contributed by atoms with Crippen LogP contribution in [-0.4, -0.2) is 18.7 Å². The molecule has 0 heterocycles. The van der Waals surface area contributed by atoms with Gasteiger partial charge in [0.1, 0.15) is 5.75 Å². The Labute approximate surface area is 115 Å². The molecule has 1 rings (SSSR count). The monoisotopic (exact) mass is 290 g/mol. The predicted octanol–water partition coefficient (Wildman–Crippen LogP) is 4.31.